The topological polar surface area (TPSA) is 60.9 Å². The minimum absolute atomic E-state index is 0.0908. The molecule has 0 spiro atoms. The van der Waals surface area contributed by atoms with Crippen LogP contribution < -0.4 is 4.90 Å². The molecule has 2 aliphatic rings. The van der Waals surface area contributed by atoms with Crippen molar-refractivity contribution in [2.24, 2.45) is 5.92 Å². The summed E-state index contributed by atoms with van der Waals surface area (Å²) in [5.41, 5.74) is 3.37. The third-order valence-corrected chi connectivity index (χ3v) is 4.48. The van der Waals surface area contributed by atoms with Crippen molar-refractivity contribution in [3.63, 3.8) is 0 Å². The number of nitrogens with zero attached hydrogens (tertiary/aromatic N) is 2. The Kier molecular flexibility index (Phi) is 2.92. The molecule has 0 radical (unpaired) electrons. The zero-order valence-electron chi connectivity index (χ0n) is 11.7. The minimum Gasteiger partial charge on any atom is -0.481 e. The first-order valence-electron chi connectivity index (χ1n) is 6.81. The van der Waals surface area contributed by atoms with E-state index in [9.17, 15) is 14.7 Å². The van der Waals surface area contributed by atoms with Crippen molar-refractivity contribution in [1.82, 2.24) is 4.90 Å². The molecule has 2 aliphatic heterocycles. The maximum atomic E-state index is 11.8. The van der Waals surface area contributed by atoms with E-state index in [2.05, 4.69) is 18.0 Å². The maximum Gasteiger partial charge on any atom is 0.309 e. The fraction of sp³-hybridized carbons (Fsp3) is 0.467. The zero-order chi connectivity index (χ0) is 14.4. The van der Waals surface area contributed by atoms with Gasteiger partial charge in [-0.3, -0.25) is 9.59 Å². The first-order valence-corrected chi connectivity index (χ1v) is 6.81. The lowest BCUT2D eigenvalue weighted by Gasteiger charge is -2.24. The van der Waals surface area contributed by atoms with Crippen LogP contribution in [0, 0.1) is 5.92 Å². The highest BCUT2D eigenvalue weighted by atomic mass is 16.4. The van der Waals surface area contributed by atoms with Crippen LogP contribution in [0.25, 0.3) is 0 Å². The predicted molar refractivity (Wildman–Crippen MR) is 74.7 cm³/mol. The number of hydrogen-bond acceptors (Lipinski definition) is 3. The number of likely N-dealkylation sites (tertiary alicyclic amines) is 1. The Bertz CT molecular complexity index is 584. The van der Waals surface area contributed by atoms with Gasteiger partial charge in [-0.15, -0.1) is 0 Å². The molecule has 0 aromatic heterocycles. The summed E-state index contributed by atoms with van der Waals surface area (Å²) in [4.78, 5) is 26.9. The van der Waals surface area contributed by atoms with E-state index in [-0.39, 0.29) is 18.4 Å². The zero-order valence-corrected chi connectivity index (χ0v) is 11.7. The molecule has 5 nitrogen and oxygen atoms in total. The molecule has 1 aromatic rings. The minimum atomic E-state index is -0.898. The van der Waals surface area contributed by atoms with Crippen LogP contribution in [-0.4, -0.2) is 42.5 Å². The van der Waals surface area contributed by atoms with Crippen molar-refractivity contribution >= 4 is 17.6 Å². The predicted octanol–water partition coefficient (Wildman–Crippen LogP) is 1.28. The molecule has 106 valence electrons. The molecule has 2 atom stereocenters. The van der Waals surface area contributed by atoms with Crippen LogP contribution >= 0.6 is 0 Å². The van der Waals surface area contributed by atoms with Crippen LogP contribution in [0.15, 0.2) is 18.2 Å². The molecule has 1 amide bonds. The van der Waals surface area contributed by atoms with E-state index < -0.39 is 11.9 Å². The lowest BCUT2D eigenvalue weighted by Crippen LogP contribution is -2.27. The summed E-state index contributed by atoms with van der Waals surface area (Å²) >= 11 is 0. The van der Waals surface area contributed by atoms with Gasteiger partial charge in [0.1, 0.15) is 0 Å². The van der Waals surface area contributed by atoms with E-state index in [0.29, 0.717) is 0 Å². The number of amides is 1. The highest BCUT2D eigenvalue weighted by molar-refractivity contribution is 5.87. The van der Waals surface area contributed by atoms with E-state index in [1.54, 1.807) is 11.9 Å². The average molecular weight is 274 g/mol. The lowest BCUT2D eigenvalue weighted by molar-refractivity contribution is -0.142. The molecule has 20 heavy (non-hydrogen) atoms. The van der Waals surface area contributed by atoms with Gasteiger partial charge < -0.3 is 14.9 Å². The van der Waals surface area contributed by atoms with Crippen molar-refractivity contribution < 1.29 is 14.7 Å². The van der Waals surface area contributed by atoms with E-state index in [1.165, 1.54) is 11.3 Å². The van der Waals surface area contributed by atoms with Gasteiger partial charge in [0, 0.05) is 32.7 Å². The van der Waals surface area contributed by atoms with Gasteiger partial charge in [0.2, 0.25) is 5.91 Å². The molecule has 1 saturated heterocycles. The van der Waals surface area contributed by atoms with Crippen molar-refractivity contribution in [2.45, 2.75) is 18.9 Å². The lowest BCUT2D eigenvalue weighted by atomic mass is 9.92. The molecule has 3 rings (SSSR count). The molecule has 2 unspecified atom stereocenters. The van der Waals surface area contributed by atoms with Gasteiger partial charge in [-0.25, -0.2) is 0 Å². The summed E-state index contributed by atoms with van der Waals surface area (Å²) in [7, 11) is 3.74. The smallest absolute Gasteiger partial charge is 0.309 e. The fourth-order valence-corrected chi connectivity index (χ4v) is 3.32. The summed E-state index contributed by atoms with van der Waals surface area (Å²) in [5.74, 6) is -1.64. The first kappa shape index (κ1) is 13.0. The Labute approximate surface area is 117 Å². The first-order chi connectivity index (χ1) is 9.49. The standard InChI is InChI=1S/C15H18N2O3/c1-16-6-5-9-7-10(3-4-12(9)16)14-11(15(19)20)8-13(18)17(14)2/h3-4,7,11,14H,5-6,8H2,1-2H3,(H,19,20). The number of anilines is 1. The Hall–Kier alpha value is -2.04. The normalized spacial score (nSPS) is 25.2. The maximum absolute atomic E-state index is 11.8. The SMILES string of the molecule is CN1CCc2cc(C3C(C(=O)O)CC(=O)N3C)ccc21. The Morgan fingerprint density at radius 1 is 1.35 bits per heavy atom. The number of hydrogen-bond donors (Lipinski definition) is 1. The van der Waals surface area contributed by atoms with Gasteiger partial charge in [-0.05, 0) is 23.6 Å². The van der Waals surface area contributed by atoms with Gasteiger partial charge in [0.25, 0.3) is 0 Å². The summed E-state index contributed by atoms with van der Waals surface area (Å²) in [6.45, 7) is 0.987. The second-order valence-corrected chi connectivity index (χ2v) is 5.66. The van der Waals surface area contributed by atoms with Crippen molar-refractivity contribution in [2.75, 3.05) is 25.5 Å². The number of likely N-dealkylation sites (N-methyl/N-ethyl adjacent to an activating group) is 1. The molecule has 0 aliphatic carbocycles. The molecule has 1 N–H and O–H groups in total. The van der Waals surface area contributed by atoms with Gasteiger partial charge in [-0.2, -0.15) is 0 Å². The molecule has 1 aromatic carbocycles. The van der Waals surface area contributed by atoms with Crippen molar-refractivity contribution in [3.8, 4) is 0 Å². The summed E-state index contributed by atoms with van der Waals surface area (Å²) in [5, 5.41) is 9.33. The second-order valence-electron chi connectivity index (χ2n) is 5.66. The Morgan fingerprint density at radius 3 is 2.80 bits per heavy atom. The Balaban J connectivity index is 1.99. The third kappa shape index (κ3) is 1.85. The number of carboxylic acid groups (broad SMARTS) is 1. The molecule has 1 fully saturated rings. The molecule has 2 heterocycles. The largest absolute Gasteiger partial charge is 0.481 e. The Morgan fingerprint density at radius 2 is 2.10 bits per heavy atom. The van der Waals surface area contributed by atoms with Crippen LogP contribution in [0.4, 0.5) is 5.69 Å². The van der Waals surface area contributed by atoms with E-state index in [4.69, 9.17) is 0 Å². The van der Waals surface area contributed by atoms with Gasteiger partial charge in [-0.1, -0.05) is 12.1 Å². The van der Waals surface area contributed by atoms with Crippen LogP contribution in [-0.2, 0) is 16.0 Å². The highest BCUT2D eigenvalue weighted by Crippen LogP contribution is 2.39. The fourth-order valence-electron chi connectivity index (χ4n) is 3.32. The van der Waals surface area contributed by atoms with Gasteiger partial charge in [0.15, 0.2) is 0 Å². The number of carbonyl (C=O) groups is 2. The molecule has 5 heteroatoms. The van der Waals surface area contributed by atoms with Crippen LogP contribution in [0.2, 0.25) is 0 Å². The van der Waals surface area contributed by atoms with E-state index >= 15 is 0 Å². The number of carboxylic acids is 1. The van der Waals surface area contributed by atoms with Gasteiger partial charge >= 0.3 is 5.97 Å². The van der Waals surface area contributed by atoms with Crippen molar-refractivity contribution in [3.05, 3.63) is 29.3 Å². The number of benzene rings is 1. The molecule has 0 saturated carbocycles. The average Bonchev–Trinajstić information content (AvgIpc) is 2.92. The van der Waals surface area contributed by atoms with Crippen molar-refractivity contribution in [1.29, 1.82) is 0 Å². The number of rotatable bonds is 2. The van der Waals surface area contributed by atoms with Crippen LogP contribution in [0.3, 0.4) is 0 Å². The molecular formula is C15H18N2O3. The monoisotopic (exact) mass is 274 g/mol. The van der Waals surface area contributed by atoms with Gasteiger partial charge in [0.05, 0.1) is 12.0 Å². The summed E-state index contributed by atoms with van der Waals surface area (Å²) in [6, 6.07) is 5.70. The summed E-state index contributed by atoms with van der Waals surface area (Å²) < 4.78 is 0. The van der Waals surface area contributed by atoms with Crippen LogP contribution in [0.5, 0.6) is 0 Å². The second kappa shape index (κ2) is 4.51. The van der Waals surface area contributed by atoms with E-state index in [1.807, 2.05) is 12.1 Å². The van der Waals surface area contributed by atoms with E-state index in [0.717, 1.165) is 18.5 Å². The van der Waals surface area contributed by atoms with Crippen LogP contribution in [0.1, 0.15) is 23.6 Å². The quantitative estimate of drug-likeness (QED) is 0.882. The number of carbonyl (C=O) groups excluding carboxylic acids is 1. The highest BCUT2D eigenvalue weighted by Gasteiger charge is 2.43. The number of aliphatic carboxylic acids is 1. The number of fused-ring (bicyclic) bond motifs is 1. The molecule has 0 bridgehead atoms. The summed E-state index contributed by atoms with van der Waals surface area (Å²) in [6.07, 6.45) is 1.06. The third-order valence-electron chi connectivity index (χ3n) is 4.48. The molecular weight excluding hydrogens is 256 g/mol.